The highest BCUT2D eigenvalue weighted by Crippen LogP contribution is 2.40. The van der Waals surface area contributed by atoms with E-state index in [4.69, 9.17) is 0 Å². The van der Waals surface area contributed by atoms with E-state index >= 15 is 0 Å². The SMILES string of the molecule is CNC(=O)c1ccn(C(=O)N2CC3CC(N(C)Cc4ccc(C(F)(F)F)cc4)CC3C2)n1. The smallest absolute Gasteiger partial charge is 0.354 e. The van der Waals surface area contributed by atoms with Crippen molar-refractivity contribution in [3.05, 3.63) is 53.3 Å². The summed E-state index contributed by atoms with van der Waals surface area (Å²) in [6, 6.07) is 6.93. The first kappa shape index (κ1) is 22.3. The third-order valence-electron chi connectivity index (χ3n) is 6.58. The standard InChI is InChI=1S/C22H26F3N5O2/c1-26-20(31)19-7-8-30(27-19)21(32)29-12-15-9-18(10-16(15)13-29)28(2)11-14-3-5-17(6-4-14)22(23,24)25/h3-8,15-16,18H,9-13H2,1-2H3,(H,26,31). The lowest BCUT2D eigenvalue weighted by Gasteiger charge is -2.26. The third-order valence-corrected chi connectivity index (χ3v) is 6.58. The van der Waals surface area contributed by atoms with Crippen LogP contribution >= 0.6 is 0 Å². The zero-order chi connectivity index (χ0) is 23.0. The Balaban J connectivity index is 1.31. The van der Waals surface area contributed by atoms with Crippen LogP contribution in [0, 0.1) is 11.8 Å². The average molecular weight is 449 g/mol. The quantitative estimate of drug-likeness (QED) is 0.779. The van der Waals surface area contributed by atoms with Gasteiger partial charge in [0.1, 0.15) is 0 Å². The lowest BCUT2D eigenvalue weighted by Crippen LogP contribution is -2.36. The molecule has 2 fully saturated rings. The molecule has 4 rings (SSSR count). The normalized spacial score (nSPS) is 22.9. The predicted octanol–water partition coefficient (Wildman–Crippen LogP) is 3.07. The topological polar surface area (TPSA) is 70.5 Å². The van der Waals surface area contributed by atoms with Crippen LogP contribution in [0.2, 0.25) is 0 Å². The van der Waals surface area contributed by atoms with Crippen molar-refractivity contribution in [3.8, 4) is 0 Å². The van der Waals surface area contributed by atoms with Gasteiger partial charge in [-0.3, -0.25) is 9.69 Å². The van der Waals surface area contributed by atoms with Gasteiger partial charge < -0.3 is 10.2 Å². The Morgan fingerprint density at radius 1 is 1.12 bits per heavy atom. The summed E-state index contributed by atoms with van der Waals surface area (Å²) < 4.78 is 39.5. The Morgan fingerprint density at radius 3 is 2.31 bits per heavy atom. The molecule has 2 aliphatic rings. The van der Waals surface area contributed by atoms with Gasteiger partial charge in [-0.15, -0.1) is 0 Å². The molecule has 172 valence electrons. The zero-order valence-corrected chi connectivity index (χ0v) is 18.0. The molecule has 2 atom stereocenters. The van der Waals surface area contributed by atoms with Crippen LogP contribution < -0.4 is 5.32 Å². The van der Waals surface area contributed by atoms with E-state index in [-0.39, 0.29) is 17.6 Å². The number of amides is 2. The van der Waals surface area contributed by atoms with E-state index in [1.54, 1.807) is 4.90 Å². The summed E-state index contributed by atoms with van der Waals surface area (Å²) in [5.41, 5.74) is 0.411. The van der Waals surface area contributed by atoms with Crippen LogP contribution in [0.15, 0.2) is 36.5 Å². The molecule has 1 aliphatic carbocycles. The number of benzene rings is 1. The molecule has 1 aromatic heterocycles. The highest BCUT2D eigenvalue weighted by atomic mass is 19.4. The summed E-state index contributed by atoms with van der Waals surface area (Å²) in [4.78, 5) is 28.4. The molecule has 2 amide bonds. The molecule has 32 heavy (non-hydrogen) atoms. The predicted molar refractivity (Wildman–Crippen MR) is 111 cm³/mol. The maximum atomic E-state index is 12.8. The van der Waals surface area contributed by atoms with E-state index in [1.807, 2.05) is 7.05 Å². The number of halogens is 3. The molecule has 0 spiro atoms. The van der Waals surface area contributed by atoms with Crippen LogP contribution in [0.1, 0.15) is 34.5 Å². The van der Waals surface area contributed by atoms with Gasteiger partial charge in [-0.1, -0.05) is 12.1 Å². The fourth-order valence-electron chi connectivity index (χ4n) is 4.82. The van der Waals surface area contributed by atoms with E-state index in [9.17, 15) is 22.8 Å². The second-order valence-corrected chi connectivity index (χ2v) is 8.67. The third kappa shape index (κ3) is 4.50. The second-order valence-electron chi connectivity index (χ2n) is 8.67. The number of carbonyl (C=O) groups is 2. The van der Waals surface area contributed by atoms with Crippen LogP contribution in [0.3, 0.4) is 0 Å². The number of nitrogens with one attached hydrogen (secondary N) is 1. The Hall–Kier alpha value is -2.88. The molecular formula is C22H26F3N5O2. The van der Waals surface area contributed by atoms with Gasteiger partial charge in [0.05, 0.1) is 5.56 Å². The molecule has 1 aliphatic heterocycles. The Morgan fingerprint density at radius 2 is 1.75 bits per heavy atom. The van der Waals surface area contributed by atoms with Crippen LogP contribution in [-0.2, 0) is 12.7 Å². The largest absolute Gasteiger partial charge is 0.416 e. The van der Waals surface area contributed by atoms with Crippen molar-refractivity contribution in [2.45, 2.75) is 31.6 Å². The van der Waals surface area contributed by atoms with E-state index in [2.05, 4.69) is 15.3 Å². The number of alkyl halides is 3. The molecule has 1 saturated carbocycles. The highest BCUT2D eigenvalue weighted by Gasteiger charge is 2.43. The van der Waals surface area contributed by atoms with Crippen LogP contribution in [0.4, 0.5) is 18.0 Å². The molecule has 7 nitrogen and oxygen atoms in total. The number of fused-ring (bicyclic) bond motifs is 1. The highest BCUT2D eigenvalue weighted by molar-refractivity contribution is 5.92. The van der Waals surface area contributed by atoms with Crippen molar-refractivity contribution in [2.24, 2.45) is 11.8 Å². The van der Waals surface area contributed by atoms with E-state index < -0.39 is 11.7 Å². The fourth-order valence-corrected chi connectivity index (χ4v) is 4.82. The molecule has 0 bridgehead atoms. The summed E-state index contributed by atoms with van der Waals surface area (Å²) in [5.74, 6) is 0.426. The van der Waals surface area contributed by atoms with Gasteiger partial charge in [0.2, 0.25) is 0 Å². The minimum atomic E-state index is -4.32. The average Bonchev–Trinajstić information content (AvgIpc) is 3.47. The molecular weight excluding hydrogens is 423 g/mol. The van der Waals surface area contributed by atoms with Crippen molar-refractivity contribution in [2.75, 3.05) is 27.2 Å². The molecule has 1 saturated heterocycles. The molecule has 2 aromatic rings. The van der Waals surface area contributed by atoms with Crippen LogP contribution in [0.25, 0.3) is 0 Å². The first-order valence-corrected chi connectivity index (χ1v) is 10.6. The van der Waals surface area contributed by atoms with Gasteiger partial charge in [0, 0.05) is 38.9 Å². The Kier molecular flexibility index (Phi) is 5.98. The first-order chi connectivity index (χ1) is 15.2. The maximum Gasteiger partial charge on any atom is 0.416 e. The molecule has 2 unspecified atom stereocenters. The van der Waals surface area contributed by atoms with Gasteiger partial charge in [-0.05, 0) is 55.5 Å². The number of rotatable bonds is 4. The summed E-state index contributed by atoms with van der Waals surface area (Å²) in [6.45, 7) is 1.87. The van der Waals surface area contributed by atoms with Gasteiger partial charge >= 0.3 is 12.2 Å². The van der Waals surface area contributed by atoms with Gasteiger partial charge in [-0.25, -0.2) is 4.79 Å². The molecule has 10 heteroatoms. The number of likely N-dealkylation sites (tertiary alicyclic amines) is 1. The van der Waals surface area contributed by atoms with E-state index in [0.717, 1.165) is 30.5 Å². The minimum Gasteiger partial charge on any atom is -0.354 e. The summed E-state index contributed by atoms with van der Waals surface area (Å²) in [6.07, 6.45) is -0.944. The number of hydrogen-bond donors (Lipinski definition) is 1. The first-order valence-electron chi connectivity index (χ1n) is 10.6. The molecule has 2 heterocycles. The summed E-state index contributed by atoms with van der Waals surface area (Å²) in [5, 5.41) is 6.55. The fraction of sp³-hybridized carbons (Fsp3) is 0.500. The maximum absolute atomic E-state index is 12.8. The van der Waals surface area contributed by atoms with Crippen molar-refractivity contribution in [1.82, 2.24) is 24.9 Å². The van der Waals surface area contributed by atoms with Crippen molar-refractivity contribution >= 4 is 11.9 Å². The summed E-state index contributed by atoms with van der Waals surface area (Å²) >= 11 is 0. The zero-order valence-electron chi connectivity index (χ0n) is 18.0. The number of nitrogens with zero attached hydrogens (tertiary/aromatic N) is 4. The van der Waals surface area contributed by atoms with Crippen molar-refractivity contribution in [1.29, 1.82) is 0 Å². The Labute approximate surface area is 184 Å². The van der Waals surface area contributed by atoms with Crippen LogP contribution in [0.5, 0.6) is 0 Å². The molecule has 0 radical (unpaired) electrons. The summed E-state index contributed by atoms with van der Waals surface area (Å²) in [7, 11) is 3.51. The van der Waals surface area contributed by atoms with Gasteiger partial charge in [-0.2, -0.15) is 23.0 Å². The van der Waals surface area contributed by atoms with Crippen molar-refractivity contribution < 1.29 is 22.8 Å². The lowest BCUT2D eigenvalue weighted by molar-refractivity contribution is -0.137. The lowest BCUT2D eigenvalue weighted by atomic mass is 10.0. The van der Waals surface area contributed by atoms with Gasteiger partial charge in [0.25, 0.3) is 5.91 Å². The van der Waals surface area contributed by atoms with Gasteiger partial charge in [0.15, 0.2) is 5.69 Å². The monoisotopic (exact) mass is 449 g/mol. The Bertz CT molecular complexity index is 974. The molecule has 1 N–H and O–H groups in total. The van der Waals surface area contributed by atoms with E-state index in [0.29, 0.717) is 37.5 Å². The number of aromatic nitrogens is 2. The second kappa shape index (κ2) is 8.57. The van der Waals surface area contributed by atoms with Crippen LogP contribution in [-0.4, -0.2) is 64.7 Å². The molecule has 1 aromatic carbocycles. The van der Waals surface area contributed by atoms with E-state index in [1.165, 1.54) is 36.1 Å². The minimum absolute atomic E-state index is 0.199. The van der Waals surface area contributed by atoms with Crippen molar-refractivity contribution in [3.63, 3.8) is 0 Å². The number of carbonyl (C=O) groups excluding carboxylic acids is 2. The number of hydrogen-bond acceptors (Lipinski definition) is 4.